The number of carbonyl (C=O) groups is 3. The average Bonchev–Trinajstić information content (AvgIpc) is 2.85. The summed E-state index contributed by atoms with van der Waals surface area (Å²) in [4.78, 5) is 38.2. The number of hydrogen-bond acceptors (Lipinski definition) is 5. The van der Waals surface area contributed by atoms with Crippen molar-refractivity contribution in [3.8, 4) is 11.5 Å². The van der Waals surface area contributed by atoms with E-state index in [1.165, 1.54) is 0 Å². The normalized spacial score (nSPS) is 22.8. The first-order chi connectivity index (χ1) is 12.3. The quantitative estimate of drug-likeness (QED) is 0.767. The highest BCUT2D eigenvalue weighted by Crippen LogP contribution is 2.36. The Balaban J connectivity index is 1.80. The zero-order valence-corrected chi connectivity index (χ0v) is 15.1. The van der Waals surface area contributed by atoms with E-state index in [9.17, 15) is 14.4 Å². The predicted octanol–water partition coefficient (Wildman–Crippen LogP) is 1.14. The van der Waals surface area contributed by atoms with Gasteiger partial charge in [-0.1, -0.05) is 13.0 Å². The third-order valence-electron chi connectivity index (χ3n) is 4.72. The maximum absolute atomic E-state index is 12.9. The molecule has 0 aliphatic carbocycles. The van der Waals surface area contributed by atoms with Gasteiger partial charge in [0.25, 0.3) is 5.91 Å². The van der Waals surface area contributed by atoms with Crippen molar-refractivity contribution in [3.63, 3.8) is 0 Å². The van der Waals surface area contributed by atoms with E-state index in [4.69, 9.17) is 9.47 Å². The summed E-state index contributed by atoms with van der Waals surface area (Å²) in [7, 11) is 0. The maximum Gasteiger partial charge on any atom is 0.325 e. The molecule has 4 amide bonds. The van der Waals surface area contributed by atoms with Gasteiger partial charge in [0.05, 0.1) is 0 Å². The van der Waals surface area contributed by atoms with E-state index in [-0.39, 0.29) is 18.5 Å². The number of benzene rings is 1. The van der Waals surface area contributed by atoms with Crippen LogP contribution in [0.4, 0.5) is 4.79 Å². The van der Waals surface area contributed by atoms with Gasteiger partial charge < -0.3 is 20.1 Å². The molecule has 8 nitrogen and oxygen atoms in total. The molecule has 3 rings (SSSR count). The summed E-state index contributed by atoms with van der Waals surface area (Å²) < 4.78 is 11.0. The van der Waals surface area contributed by atoms with Crippen molar-refractivity contribution < 1.29 is 23.9 Å². The van der Waals surface area contributed by atoms with E-state index in [0.717, 1.165) is 11.3 Å². The van der Waals surface area contributed by atoms with Gasteiger partial charge in [0, 0.05) is 6.04 Å². The molecule has 0 bridgehead atoms. The predicted molar refractivity (Wildman–Crippen MR) is 92.9 cm³/mol. The summed E-state index contributed by atoms with van der Waals surface area (Å²) in [6.45, 7) is 6.01. The van der Waals surface area contributed by atoms with Crippen LogP contribution in [0.5, 0.6) is 11.5 Å². The molecule has 26 heavy (non-hydrogen) atoms. The van der Waals surface area contributed by atoms with Crippen molar-refractivity contribution in [2.75, 3.05) is 19.8 Å². The Kier molecular flexibility index (Phi) is 4.76. The molecule has 2 aliphatic rings. The minimum absolute atomic E-state index is 0.0209. The number of amides is 4. The van der Waals surface area contributed by atoms with Crippen LogP contribution in [0.2, 0.25) is 0 Å². The van der Waals surface area contributed by atoms with E-state index < -0.39 is 17.5 Å². The summed E-state index contributed by atoms with van der Waals surface area (Å²) in [6, 6.07) is 4.51. The van der Waals surface area contributed by atoms with E-state index in [1.54, 1.807) is 25.1 Å². The van der Waals surface area contributed by atoms with Crippen molar-refractivity contribution in [3.05, 3.63) is 23.8 Å². The number of hydrogen-bond donors (Lipinski definition) is 2. The van der Waals surface area contributed by atoms with Gasteiger partial charge in [0.2, 0.25) is 5.91 Å². The SMILES string of the molecule is CC[C@H](C)NC(=O)CN1C(=O)N[C@](C)(c2ccc3c(c2)OCCO3)C1=O. The van der Waals surface area contributed by atoms with Crippen LogP contribution < -0.4 is 20.1 Å². The summed E-state index contributed by atoms with van der Waals surface area (Å²) in [5.41, 5.74) is -0.686. The van der Waals surface area contributed by atoms with Gasteiger partial charge in [0.1, 0.15) is 25.3 Å². The van der Waals surface area contributed by atoms with Gasteiger partial charge in [-0.15, -0.1) is 0 Å². The molecule has 1 aromatic rings. The largest absolute Gasteiger partial charge is 0.486 e. The molecule has 2 atom stereocenters. The number of carbonyl (C=O) groups excluding carboxylic acids is 3. The number of ether oxygens (including phenoxy) is 2. The Morgan fingerprint density at radius 1 is 1.31 bits per heavy atom. The van der Waals surface area contributed by atoms with Crippen LogP contribution in [0.3, 0.4) is 0 Å². The van der Waals surface area contributed by atoms with Crippen molar-refractivity contribution in [1.82, 2.24) is 15.5 Å². The highest BCUT2D eigenvalue weighted by molar-refractivity contribution is 6.09. The lowest BCUT2D eigenvalue weighted by atomic mass is 9.91. The Hall–Kier alpha value is -2.77. The Morgan fingerprint density at radius 2 is 2.00 bits per heavy atom. The van der Waals surface area contributed by atoms with Gasteiger partial charge in [-0.3, -0.25) is 14.5 Å². The Bertz CT molecular complexity index is 750. The first kappa shape index (κ1) is 18.0. The molecule has 0 unspecified atom stereocenters. The molecular formula is C18H23N3O5. The van der Waals surface area contributed by atoms with Crippen LogP contribution in [0.15, 0.2) is 18.2 Å². The molecule has 2 N–H and O–H groups in total. The summed E-state index contributed by atoms with van der Waals surface area (Å²) in [5, 5.41) is 5.44. The van der Waals surface area contributed by atoms with Crippen molar-refractivity contribution in [1.29, 1.82) is 0 Å². The number of urea groups is 1. The minimum Gasteiger partial charge on any atom is -0.486 e. The number of imide groups is 1. The highest BCUT2D eigenvalue weighted by atomic mass is 16.6. The second-order valence-corrected chi connectivity index (χ2v) is 6.68. The molecule has 2 heterocycles. The maximum atomic E-state index is 12.9. The Morgan fingerprint density at radius 3 is 2.69 bits per heavy atom. The van der Waals surface area contributed by atoms with Crippen LogP contribution in [0.1, 0.15) is 32.8 Å². The van der Waals surface area contributed by atoms with Gasteiger partial charge >= 0.3 is 6.03 Å². The molecule has 8 heteroatoms. The number of nitrogens with zero attached hydrogens (tertiary/aromatic N) is 1. The third kappa shape index (κ3) is 3.18. The van der Waals surface area contributed by atoms with Crippen LogP contribution in [-0.4, -0.2) is 48.5 Å². The van der Waals surface area contributed by atoms with E-state index in [1.807, 2.05) is 13.8 Å². The lowest BCUT2D eigenvalue weighted by Gasteiger charge is -2.25. The van der Waals surface area contributed by atoms with Gasteiger partial charge in [-0.25, -0.2) is 4.79 Å². The topological polar surface area (TPSA) is 97.0 Å². The molecule has 0 spiro atoms. The molecular weight excluding hydrogens is 338 g/mol. The molecule has 0 saturated carbocycles. The van der Waals surface area contributed by atoms with E-state index in [2.05, 4.69) is 10.6 Å². The zero-order valence-electron chi connectivity index (χ0n) is 15.1. The fraction of sp³-hybridized carbons (Fsp3) is 0.500. The van der Waals surface area contributed by atoms with Gasteiger partial charge in [0.15, 0.2) is 11.5 Å². The van der Waals surface area contributed by atoms with Crippen LogP contribution >= 0.6 is 0 Å². The molecule has 0 radical (unpaired) electrons. The van der Waals surface area contributed by atoms with Crippen LogP contribution in [0, 0.1) is 0 Å². The molecule has 1 aromatic carbocycles. The molecule has 2 aliphatic heterocycles. The number of rotatable bonds is 5. The minimum atomic E-state index is -1.26. The van der Waals surface area contributed by atoms with Crippen LogP contribution in [0.25, 0.3) is 0 Å². The summed E-state index contributed by atoms with van der Waals surface area (Å²) >= 11 is 0. The fourth-order valence-electron chi connectivity index (χ4n) is 2.96. The highest BCUT2D eigenvalue weighted by Gasteiger charge is 2.49. The molecule has 1 fully saturated rings. The lowest BCUT2D eigenvalue weighted by Crippen LogP contribution is -2.44. The number of fused-ring (bicyclic) bond motifs is 1. The van der Waals surface area contributed by atoms with Gasteiger partial charge in [-0.2, -0.15) is 0 Å². The molecule has 1 saturated heterocycles. The molecule has 0 aromatic heterocycles. The fourth-order valence-corrected chi connectivity index (χ4v) is 2.96. The average molecular weight is 361 g/mol. The lowest BCUT2D eigenvalue weighted by molar-refractivity contribution is -0.135. The van der Waals surface area contributed by atoms with Gasteiger partial charge in [-0.05, 0) is 38.0 Å². The molecule has 140 valence electrons. The summed E-state index contributed by atoms with van der Waals surface area (Å²) in [5.74, 6) is 0.294. The first-order valence-corrected chi connectivity index (χ1v) is 8.68. The third-order valence-corrected chi connectivity index (χ3v) is 4.72. The smallest absolute Gasteiger partial charge is 0.325 e. The van der Waals surface area contributed by atoms with Crippen molar-refractivity contribution >= 4 is 17.8 Å². The van der Waals surface area contributed by atoms with Crippen molar-refractivity contribution in [2.24, 2.45) is 0 Å². The number of nitrogens with one attached hydrogen (secondary N) is 2. The first-order valence-electron chi connectivity index (χ1n) is 8.68. The summed E-state index contributed by atoms with van der Waals surface area (Å²) in [6.07, 6.45) is 0.765. The van der Waals surface area contributed by atoms with Crippen LogP contribution in [-0.2, 0) is 15.1 Å². The second kappa shape index (κ2) is 6.86. The van der Waals surface area contributed by atoms with E-state index in [0.29, 0.717) is 30.3 Å². The standard InChI is InChI=1S/C18H23N3O5/c1-4-11(2)19-15(22)10-21-16(23)18(3,20-17(21)24)12-5-6-13-14(9-12)26-8-7-25-13/h5-6,9,11H,4,7-8,10H2,1-3H3,(H,19,22)(H,20,24)/t11-,18+/m0/s1. The Labute approximate surface area is 151 Å². The van der Waals surface area contributed by atoms with E-state index >= 15 is 0 Å². The van der Waals surface area contributed by atoms with Crippen molar-refractivity contribution in [2.45, 2.75) is 38.8 Å². The second-order valence-electron chi connectivity index (χ2n) is 6.68. The zero-order chi connectivity index (χ0) is 18.9. The monoisotopic (exact) mass is 361 g/mol.